The SMILES string of the molecule is CNC1CCN(C(=O)c2cccnc2OCC(F)(F)F)CC1. The fourth-order valence-corrected chi connectivity index (χ4v) is 2.36. The zero-order valence-electron chi connectivity index (χ0n) is 12.2. The summed E-state index contributed by atoms with van der Waals surface area (Å²) in [6.07, 6.45) is -1.55. The number of hydrogen-bond acceptors (Lipinski definition) is 4. The van der Waals surface area contributed by atoms with Crippen LogP contribution in [0.4, 0.5) is 13.2 Å². The summed E-state index contributed by atoms with van der Waals surface area (Å²) in [7, 11) is 1.87. The van der Waals surface area contributed by atoms with E-state index in [0.717, 1.165) is 12.8 Å². The summed E-state index contributed by atoms with van der Waals surface area (Å²) in [4.78, 5) is 17.8. The molecule has 0 spiro atoms. The molecule has 8 heteroatoms. The number of likely N-dealkylation sites (tertiary alicyclic amines) is 1. The van der Waals surface area contributed by atoms with Crippen LogP contribution in [-0.4, -0.2) is 54.8 Å². The van der Waals surface area contributed by atoms with E-state index >= 15 is 0 Å². The van der Waals surface area contributed by atoms with E-state index in [-0.39, 0.29) is 17.4 Å². The van der Waals surface area contributed by atoms with Crippen molar-refractivity contribution in [2.75, 3.05) is 26.7 Å². The van der Waals surface area contributed by atoms with Crippen molar-refractivity contribution in [3.63, 3.8) is 0 Å². The van der Waals surface area contributed by atoms with Crippen LogP contribution in [0.1, 0.15) is 23.2 Å². The third-order valence-electron chi connectivity index (χ3n) is 3.56. The second-order valence-electron chi connectivity index (χ2n) is 5.12. The first-order valence-electron chi connectivity index (χ1n) is 7.02. The van der Waals surface area contributed by atoms with Gasteiger partial charge in [0.15, 0.2) is 6.61 Å². The maximum Gasteiger partial charge on any atom is 0.422 e. The molecule has 1 N–H and O–H groups in total. The average Bonchev–Trinajstić information content (AvgIpc) is 2.52. The van der Waals surface area contributed by atoms with E-state index in [0.29, 0.717) is 19.1 Å². The van der Waals surface area contributed by atoms with Crippen LogP contribution in [0.25, 0.3) is 0 Å². The summed E-state index contributed by atoms with van der Waals surface area (Å²) in [5.41, 5.74) is 0.0645. The summed E-state index contributed by atoms with van der Waals surface area (Å²) in [5, 5.41) is 3.15. The van der Waals surface area contributed by atoms with Crippen molar-refractivity contribution in [3.8, 4) is 5.88 Å². The van der Waals surface area contributed by atoms with Crippen molar-refractivity contribution in [2.24, 2.45) is 0 Å². The van der Waals surface area contributed by atoms with E-state index in [9.17, 15) is 18.0 Å². The number of piperidine rings is 1. The first-order chi connectivity index (χ1) is 10.4. The zero-order valence-corrected chi connectivity index (χ0v) is 12.2. The Hall–Kier alpha value is -1.83. The molecule has 1 amide bonds. The second-order valence-corrected chi connectivity index (χ2v) is 5.12. The summed E-state index contributed by atoms with van der Waals surface area (Å²) < 4.78 is 41.4. The smallest absolute Gasteiger partial charge is 0.422 e. The Morgan fingerprint density at radius 1 is 1.45 bits per heavy atom. The Kier molecular flexibility index (Phi) is 5.23. The molecule has 2 heterocycles. The summed E-state index contributed by atoms with van der Waals surface area (Å²) in [6.45, 7) is -0.359. The molecule has 0 radical (unpaired) electrons. The average molecular weight is 317 g/mol. The lowest BCUT2D eigenvalue weighted by Gasteiger charge is -2.32. The number of nitrogens with zero attached hydrogens (tertiary/aromatic N) is 2. The minimum atomic E-state index is -4.47. The van der Waals surface area contributed by atoms with Gasteiger partial charge in [0.25, 0.3) is 5.91 Å². The fraction of sp³-hybridized carbons (Fsp3) is 0.571. The van der Waals surface area contributed by atoms with Crippen molar-refractivity contribution in [2.45, 2.75) is 25.1 Å². The van der Waals surface area contributed by atoms with Crippen LogP contribution < -0.4 is 10.1 Å². The van der Waals surface area contributed by atoms with Crippen molar-refractivity contribution < 1.29 is 22.7 Å². The lowest BCUT2D eigenvalue weighted by atomic mass is 10.0. The third-order valence-corrected chi connectivity index (χ3v) is 3.56. The Morgan fingerprint density at radius 2 is 2.14 bits per heavy atom. The highest BCUT2D eigenvalue weighted by Gasteiger charge is 2.30. The molecule has 1 aromatic heterocycles. The fourth-order valence-electron chi connectivity index (χ4n) is 2.36. The van der Waals surface area contributed by atoms with Gasteiger partial charge >= 0.3 is 6.18 Å². The van der Waals surface area contributed by atoms with Gasteiger partial charge in [-0.25, -0.2) is 4.98 Å². The van der Waals surface area contributed by atoms with Gasteiger partial charge < -0.3 is 15.0 Å². The maximum absolute atomic E-state index is 12.4. The molecule has 22 heavy (non-hydrogen) atoms. The number of nitrogens with one attached hydrogen (secondary N) is 1. The Morgan fingerprint density at radius 3 is 2.73 bits per heavy atom. The number of aromatic nitrogens is 1. The van der Waals surface area contributed by atoms with Gasteiger partial charge in [-0.15, -0.1) is 0 Å². The number of alkyl halides is 3. The van der Waals surface area contributed by atoms with Crippen LogP contribution in [0.5, 0.6) is 5.88 Å². The highest BCUT2D eigenvalue weighted by atomic mass is 19.4. The topological polar surface area (TPSA) is 54.5 Å². The van der Waals surface area contributed by atoms with Crippen molar-refractivity contribution in [1.29, 1.82) is 0 Å². The number of carbonyl (C=O) groups is 1. The largest absolute Gasteiger partial charge is 0.467 e. The molecule has 0 saturated carbocycles. The zero-order chi connectivity index (χ0) is 16.2. The quantitative estimate of drug-likeness (QED) is 0.921. The van der Waals surface area contributed by atoms with E-state index in [1.165, 1.54) is 18.3 Å². The number of hydrogen-bond donors (Lipinski definition) is 1. The van der Waals surface area contributed by atoms with Crippen molar-refractivity contribution in [1.82, 2.24) is 15.2 Å². The molecule has 0 bridgehead atoms. The van der Waals surface area contributed by atoms with E-state index in [1.807, 2.05) is 7.05 Å². The third kappa shape index (κ3) is 4.33. The normalized spacial score (nSPS) is 16.6. The molecule has 1 saturated heterocycles. The summed E-state index contributed by atoms with van der Waals surface area (Å²) >= 11 is 0. The van der Waals surface area contributed by atoms with Gasteiger partial charge in [-0.05, 0) is 32.0 Å². The maximum atomic E-state index is 12.4. The Bertz CT molecular complexity index is 514. The van der Waals surface area contributed by atoms with Gasteiger partial charge in [-0.1, -0.05) is 0 Å². The summed E-state index contributed by atoms with van der Waals surface area (Å²) in [5.74, 6) is -0.625. The van der Waals surface area contributed by atoms with Crippen LogP contribution in [0.15, 0.2) is 18.3 Å². The lowest BCUT2D eigenvalue weighted by molar-refractivity contribution is -0.154. The molecule has 0 atom stereocenters. The number of halogens is 3. The monoisotopic (exact) mass is 317 g/mol. The van der Waals surface area contributed by atoms with E-state index < -0.39 is 12.8 Å². The second kappa shape index (κ2) is 6.95. The van der Waals surface area contributed by atoms with Crippen molar-refractivity contribution in [3.05, 3.63) is 23.9 Å². The number of rotatable bonds is 4. The molecule has 0 aliphatic carbocycles. The summed E-state index contributed by atoms with van der Waals surface area (Å²) in [6, 6.07) is 3.30. The highest BCUT2D eigenvalue weighted by Crippen LogP contribution is 2.22. The molecule has 1 aromatic rings. The molecule has 5 nitrogen and oxygen atoms in total. The first-order valence-corrected chi connectivity index (χ1v) is 7.02. The molecule has 0 aromatic carbocycles. The van der Waals surface area contributed by atoms with Crippen LogP contribution >= 0.6 is 0 Å². The lowest BCUT2D eigenvalue weighted by Crippen LogP contribution is -2.44. The molecule has 0 unspecified atom stereocenters. The van der Waals surface area contributed by atoms with Crippen LogP contribution in [0.3, 0.4) is 0 Å². The minimum Gasteiger partial charge on any atom is -0.467 e. The van der Waals surface area contributed by atoms with Crippen LogP contribution in [0.2, 0.25) is 0 Å². The minimum absolute atomic E-state index is 0.0645. The van der Waals surface area contributed by atoms with Gasteiger partial charge in [0.05, 0.1) is 0 Å². The van der Waals surface area contributed by atoms with Gasteiger partial charge in [-0.2, -0.15) is 13.2 Å². The number of amides is 1. The molecular formula is C14H18F3N3O2. The molecular weight excluding hydrogens is 299 g/mol. The Labute approximate surface area is 126 Å². The van der Waals surface area contributed by atoms with Crippen LogP contribution in [-0.2, 0) is 0 Å². The predicted octanol–water partition coefficient (Wildman–Crippen LogP) is 1.85. The molecule has 1 aliphatic heterocycles. The standard InChI is InChI=1S/C14H18F3N3O2/c1-18-10-4-7-20(8-5-10)13(21)11-3-2-6-19-12(11)22-9-14(15,16)17/h2-3,6,10,18H,4-5,7-9H2,1H3. The molecule has 1 aliphatic rings. The van der Waals surface area contributed by atoms with Gasteiger partial charge in [0, 0.05) is 25.3 Å². The molecule has 2 rings (SSSR count). The van der Waals surface area contributed by atoms with Crippen LogP contribution in [0, 0.1) is 0 Å². The van der Waals surface area contributed by atoms with E-state index in [2.05, 4.69) is 15.0 Å². The first kappa shape index (κ1) is 16.5. The van der Waals surface area contributed by atoms with E-state index in [1.54, 1.807) is 4.90 Å². The highest BCUT2D eigenvalue weighted by molar-refractivity contribution is 5.96. The molecule has 1 fully saturated rings. The van der Waals surface area contributed by atoms with E-state index in [4.69, 9.17) is 0 Å². The number of ether oxygens (including phenoxy) is 1. The van der Waals surface area contributed by atoms with Crippen molar-refractivity contribution >= 4 is 5.91 Å². The number of carbonyl (C=O) groups excluding carboxylic acids is 1. The van der Waals surface area contributed by atoms with Gasteiger partial charge in [-0.3, -0.25) is 4.79 Å². The van der Waals surface area contributed by atoms with Gasteiger partial charge in [0.2, 0.25) is 5.88 Å². The predicted molar refractivity (Wildman–Crippen MR) is 73.8 cm³/mol. The molecule has 122 valence electrons. The number of pyridine rings is 1. The Balaban J connectivity index is 2.06. The van der Waals surface area contributed by atoms with Gasteiger partial charge in [0.1, 0.15) is 5.56 Å².